The van der Waals surface area contributed by atoms with E-state index >= 15 is 0 Å². The first-order valence-corrected chi connectivity index (χ1v) is 21.1. The minimum atomic E-state index is -0.666. The average molecular weight is 793 g/mol. The summed E-state index contributed by atoms with van der Waals surface area (Å²) in [5.74, 6) is 0.888. The van der Waals surface area contributed by atoms with Crippen LogP contribution in [0.25, 0.3) is 0 Å². The Morgan fingerprint density at radius 1 is 0.847 bits per heavy atom. The van der Waals surface area contributed by atoms with E-state index < -0.39 is 11.9 Å². The second-order valence-corrected chi connectivity index (χ2v) is 17.8. The van der Waals surface area contributed by atoms with E-state index in [1.165, 1.54) is 27.9 Å². The molecule has 59 heavy (non-hydrogen) atoms. The van der Waals surface area contributed by atoms with Gasteiger partial charge in [0.05, 0.1) is 24.8 Å². The summed E-state index contributed by atoms with van der Waals surface area (Å²) < 4.78 is 6.36. The molecule has 4 fully saturated rings. The van der Waals surface area contributed by atoms with E-state index in [9.17, 15) is 24.3 Å². The molecule has 6 heterocycles. The Morgan fingerprint density at radius 3 is 2.46 bits per heavy atom. The first kappa shape index (κ1) is 36.2. The summed E-state index contributed by atoms with van der Waals surface area (Å²) in [4.78, 5) is 61.8. The Hall–Kier alpha value is -5.88. The Balaban J connectivity index is 0.687. The SMILES string of the molecule is O=C1CCC(N2Cc3c(ccc4c3OC[C@H]3CN(CC(=O)N5CC6(C5)CN(c5ccc([C@@H]7c8ccc(O)cc8CC[C@@H]7c7ccccc7)cc5)C6)CCN43)C2=O)C(=O)N1. The summed E-state index contributed by atoms with van der Waals surface area (Å²) >= 11 is 0. The van der Waals surface area contributed by atoms with Crippen LogP contribution >= 0.6 is 0 Å². The lowest BCUT2D eigenvalue weighted by molar-refractivity contribution is -0.146. The number of phenolic OH excluding ortho intramolecular Hbond substituents is 1. The molecule has 0 aromatic heterocycles. The number of rotatable bonds is 6. The minimum Gasteiger partial charge on any atom is -0.508 e. The third-order valence-electron chi connectivity index (χ3n) is 14.2. The van der Waals surface area contributed by atoms with Gasteiger partial charge in [0.2, 0.25) is 17.7 Å². The van der Waals surface area contributed by atoms with Gasteiger partial charge in [-0.2, -0.15) is 0 Å². The number of ether oxygens (including phenoxy) is 1. The van der Waals surface area contributed by atoms with E-state index in [-0.39, 0.29) is 48.1 Å². The molecule has 12 nitrogen and oxygen atoms in total. The van der Waals surface area contributed by atoms with Crippen LogP contribution in [0.1, 0.15) is 69.3 Å². The number of carbonyl (C=O) groups is 4. The van der Waals surface area contributed by atoms with E-state index in [0.29, 0.717) is 49.1 Å². The lowest BCUT2D eigenvalue weighted by Crippen LogP contribution is -2.73. The first-order valence-electron chi connectivity index (χ1n) is 21.1. The number of benzene rings is 4. The van der Waals surface area contributed by atoms with Crippen molar-refractivity contribution in [3.8, 4) is 11.5 Å². The number of hydrogen-bond acceptors (Lipinski definition) is 9. The molecule has 7 aliphatic rings. The van der Waals surface area contributed by atoms with Crippen molar-refractivity contribution in [3.63, 3.8) is 0 Å². The lowest BCUT2D eigenvalue weighted by Gasteiger charge is -2.61. The van der Waals surface area contributed by atoms with Crippen LogP contribution < -0.4 is 19.9 Å². The van der Waals surface area contributed by atoms with Crippen molar-refractivity contribution in [2.45, 2.75) is 56.1 Å². The molecule has 4 aromatic carbocycles. The second-order valence-electron chi connectivity index (χ2n) is 17.8. The third-order valence-corrected chi connectivity index (χ3v) is 14.2. The monoisotopic (exact) mass is 792 g/mol. The summed E-state index contributed by atoms with van der Waals surface area (Å²) in [6, 6.07) is 29.0. The Morgan fingerprint density at radius 2 is 1.66 bits per heavy atom. The number of amides is 4. The number of phenols is 1. The zero-order valence-electron chi connectivity index (χ0n) is 33.0. The molecule has 2 N–H and O–H groups in total. The second kappa shape index (κ2) is 13.9. The molecule has 0 bridgehead atoms. The molecule has 4 aromatic rings. The van der Waals surface area contributed by atoms with Gasteiger partial charge in [-0.3, -0.25) is 29.4 Å². The maximum Gasteiger partial charge on any atom is 0.255 e. The highest BCUT2D eigenvalue weighted by atomic mass is 16.5. The quantitative estimate of drug-likeness (QED) is 0.276. The number of fused-ring (bicyclic) bond motifs is 6. The van der Waals surface area contributed by atoms with E-state index in [1.54, 1.807) is 4.90 Å². The number of hydrogen-bond donors (Lipinski definition) is 2. The molecular formula is C47H48N6O6. The van der Waals surface area contributed by atoms with E-state index in [2.05, 4.69) is 80.7 Å². The molecule has 0 radical (unpaired) electrons. The molecule has 1 spiro atoms. The van der Waals surface area contributed by atoms with Crippen LogP contribution in [-0.4, -0.2) is 114 Å². The van der Waals surface area contributed by atoms with Gasteiger partial charge in [0, 0.05) is 80.4 Å². The van der Waals surface area contributed by atoms with Gasteiger partial charge in [-0.25, -0.2) is 0 Å². The fourth-order valence-corrected chi connectivity index (χ4v) is 11.2. The fourth-order valence-electron chi connectivity index (χ4n) is 11.2. The van der Waals surface area contributed by atoms with Crippen LogP contribution in [-0.2, 0) is 27.3 Å². The van der Waals surface area contributed by atoms with E-state index in [1.807, 2.05) is 29.2 Å². The molecule has 6 aliphatic heterocycles. The van der Waals surface area contributed by atoms with Crippen LogP contribution in [0.15, 0.2) is 84.9 Å². The molecule has 1 unspecified atom stereocenters. The largest absolute Gasteiger partial charge is 0.508 e. The molecule has 302 valence electrons. The maximum atomic E-state index is 13.5. The van der Waals surface area contributed by atoms with Crippen LogP contribution in [0.4, 0.5) is 11.4 Å². The van der Waals surface area contributed by atoms with Crippen molar-refractivity contribution in [2.24, 2.45) is 5.41 Å². The maximum absolute atomic E-state index is 13.5. The predicted molar refractivity (Wildman–Crippen MR) is 221 cm³/mol. The first-order chi connectivity index (χ1) is 28.7. The summed E-state index contributed by atoms with van der Waals surface area (Å²) in [6.07, 6.45) is 2.54. The molecule has 0 saturated carbocycles. The van der Waals surface area contributed by atoms with Crippen molar-refractivity contribution in [2.75, 3.05) is 68.8 Å². The van der Waals surface area contributed by atoms with E-state index in [0.717, 1.165) is 63.4 Å². The Bertz CT molecular complexity index is 2370. The van der Waals surface area contributed by atoms with Gasteiger partial charge in [0.15, 0.2) is 0 Å². The standard InChI is InChI=1S/C47H48N6O6/c54-34-11-13-36-31(20-34)8-12-35(29-4-2-1-3-5-29)43(36)30-6-9-32(10-7-30)50-25-47(26-50)27-51(28-47)42(56)23-49-18-19-52-33(21-49)24-59-44-38-22-53(40-16-17-41(55)48-45(40)57)46(58)37(38)14-15-39(44)52/h1-7,9-11,13-15,20,33,35,40,43,54H,8,12,16-19,21-28H2,(H,48,55,57)/t33-,35-,40?,43+/m1/s1. The number of aryl methyl sites for hydroxylation is 1. The third kappa shape index (κ3) is 6.13. The summed E-state index contributed by atoms with van der Waals surface area (Å²) in [5.41, 5.74) is 8.89. The molecule has 12 heteroatoms. The number of aromatic hydroxyl groups is 1. The van der Waals surface area contributed by atoms with Gasteiger partial charge in [-0.15, -0.1) is 0 Å². The van der Waals surface area contributed by atoms with Crippen molar-refractivity contribution < 1.29 is 29.0 Å². The molecule has 4 saturated heterocycles. The highest BCUT2D eigenvalue weighted by Crippen LogP contribution is 2.49. The van der Waals surface area contributed by atoms with Gasteiger partial charge in [0.1, 0.15) is 24.1 Å². The smallest absolute Gasteiger partial charge is 0.255 e. The molecule has 1 aliphatic carbocycles. The van der Waals surface area contributed by atoms with Crippen molar-refractivity contribution in [1.82, 2.24) is 20.0 Å². The zero-order valence-corrected chi connectivity index (χ0v) is 33.0. The van der Waals surface area contributed by atoms with E-state index in [4.69, 9.17) is 4.74 Å². The number of nitrogens with zero attached hydrogens (tertiary/aromatic N) is 5. The normalized spacial score (nSPS) is 25.6. The Labute approximate surface area is 343 Å². The minimum absolute atomic E-state index is 0.0882. The molecule has 4 atom stereocenters. The van der Waals surface area contributed by atoms with Gasteiger partial charge in [0.25, 0.3) is 5.91 Å². The van der Waals surface area contributed by atoms with Crippen LogP contribution in [0.5, 0.6) is 11.5 Å². The number of imide groups is 1. The van der Waals surface area contributed by atoms with Gasteiger partial charge < -0.3 is 29.4 Å². The zero-order chi connectivity index (χ0) is 40.0. The number of piperidine rings is 1. The van der Waals surface area contributed by atoms with Gasteiger partial charge >= 0.3 is 0 Å². The van der Waals surface area contributed by atoms with Gasteiger partial charge in [-0.05, 0) is 83.8 Å². The Kier molecular flexibility index (Phi) is 8.51. The number of likely N-dealkylation sites (tertiary alicyclic amines) is 1. The highest BCUT2D eigenvalue weighted by Gasteiger charge is 2.53. The predicted octanol–water partition coefficient (Wildman–Crippen LogP) is 4.25. The van der Waals surface area contributed by atoms with Crippen LogP contribution in [0.3, 0.4) is 0 Å². The van der Waals surface area contributed by atoms with Crippen molar-refractivity contribution >= 4 is 35.0 Å². The van der Waals surface area contributed by atoms with Crippen molar-refractivity contribution in [3.05, 3.63) is 118 Å². The number of nitrogens with one attached hydrogen (secondary N) is 1. The number of anilines is 2. The average Bonchev–Trinajstić information content (AvgIpc) is 3.55. The van der Waals surface area contributed by atoms with Crippen LogP contribution in [0, 0.1) is 5.41 Å². The number of carbonyl (C=O) groups excluding carboxylic acids is 4. The van der Waals surface area contributed by atoms with Crippen molar-refractivity contribution in [1.29, 1.82) is 0 Å². The summed E-state index contributed by atoms with van der Waals surface area (Å²) in [6.45, 7) is 6.84. The van der Waals surface area contributed by atoms with Gasteiger partial charge in [-0.1, -0.05) is 48.5 Å². The fraction of sp³-hybridized carbons (Fsp3) is 0.404. The highest BCUT2D eigenvalue weighted by molar-refractivity contribution is 6.06. The summed E-state index contributed by atoms with van der Waals surface area (Å²) in [7, 11) is 0. The molecular weight excluding hydrogens is 745 g/mol. The van der Waals surface area contributed by atoms with Crippen LogP contribution in [0.2, 0.25) is 0 Å². The lowest BCUT2D eigenvalue weighted by atomic mass is 9.69. The molecule has 4 amide bonds. The topological polar surface area (TPSA) is 126 Å². The number of piperazine rings is 1. The molecule has 11 rings (SSSR count). The summed E-state index contributed by atoms with van der Waals surface area (Å²) in [5, 5.41) is 12.6.